The molecule has 0 saturated carbocycles. The maximum absolute atomic E-state index is 12.2. The van der Waals surface area contributed by atoms with E-state index in [2.05, 4.69) is 41.3 Å². The monoisotopic (exact) mass is 485 g/mol. The van der Waals surface area contributed by atoms with Gasteiger partial charge in [-0.15, -0.1) is 0 Å². The summed E-state index contributed by atoms with van der Waals surface area (Å²) in [6.07, 6.45) is 1.33. The molecule has 0 bridgehead atoms. The van der Waals surface area contributed by atoms with Crippen LogP contribution < -0.4 is 4.74 Å². The molecule has 5 nitrogen and oxygen atoms in total. The predicted molar refractivity (Wildman–Crippen MR) is 145 cm³/mol. The number of hydrogen-bond acceptors (Lipinski definition) is 5. The molecule has 3 aromatic carbocycles. The van der Waals surface area contributed by atoms with E-state index in [9.17, 15) is 9.59 Å². The zero-order valence-electron chi connectivity index (χ0n) is 21.4. The van der Waals surface area contributed by atoms with Crippen molar-refractivity contribution >= 4 is 22.9 Å². The van der Waals surface area contributed by atoms with Gasteiger partial charge < -0.3 is 14.4 Å². The van der Waals surface area contributed by atoms with Gasteiger partial charge in [0.2, 0.25) is 5.78 Å². The van der Waals surface area contributed by atoms with Crippen molar-refractivity contribution in [2.75, 3.05) is 33.9 Å². The Morgan fingerprint density at radius 3 is 1.92 bits per heavy atom. The summed E-state index contributed by atoms with van der Waals surface area (Å²) >= 11 is 0. The third kappa shape index (κ3) is 7.92. The Bertz CT molecular complexity index is 1140. The molecule has 0 unspecified atom stereocenters. The van der Waals surface area contributed by atoms with Crippen LogP contribution in [-0.2, 0) is 14.3 Å². The smallest absolute Gasteiger partial charge is 0.374 e. The zero-order valence-corrected chi connectivity index (χ0v) is 21.4. The average Bonchev–Trinajstić information content (AvgIpc) is 2.90. The lowest BCUT2D eigenvalue weighted by atomic mass is 9.87. The van der Waals surface area contributed by atoms with Crippen molar-refractivity contribution in [1.82, 2.24) is 4.90 Å². The Hall–Kier alpha value is -3.70. The van der Waals surface area contributed by atoms with Crippen LogP contribution in [0.4, 0.5) is 0 Å². The summed E-state index contributed by atoms with van der Waals surface area (Å²) in [5, 5.41) is 0. The van der Waals surface area contributed by atoms with Gasteiger partial charge in [-0.2, -0.15) is 0 Å². The van der Waals surface area contributed by atoms with Crippen LogP contribution in [0, 0.1) is 0 Å². The Morgan fingerprint density at radius 1 is 0.750 bits per heavy atom. The molecule has 0 spiro atoms. The number of rotatable bonds is 13. The summed E-state index contributed by atoms with van der Waals surface area (Å²) in [6, 6.07) is 28.6. The van der Waals surface area contributed by atoms with Crippen molar-refractivity contribution < 1.29 is 19.1 Å². The maximum Gasteiger partial charge on any atom is 0.374 e. The van der Waals surface area contributed by atoms with Crippen LogP contribution in [0.25, 0.3) is 11.1 Å². The Kier molecular flexibility index (Phi) is 10.5. The minimum atomic E-state index is -0.754. The number of likely N-dealkylation sites (N-methyl/N-ethyl adjacent to an activating group) is 1. The highest BCUT2D eigenvalue weighted by molar-refractivity contribution is 6.33. The number of carbonyl (C=O) groups excluding carboxylic acids is 2. The summed E-state index contributed by atoms with van der Waals surface area (Å²) in [5.74, 6) is -0.407. The van der Waals surface area contributed by atoms with E-state index in [-0.39, 0.29) is 13.0 Å². The molecule has 0 heterocycles. The van der Waals surface area contributed by atoms with Gasteiger partial charge in [-0.1, -0.05) is 72.8 Å². The van der Waals surface area contributed by atoms with E-state index in [4.69, 9.17) is 9.47 Å². The van der Waals surface area contributed by atoms with E-state index >= 15 is 0 Å². The molecule has 188 valence electrons. The first kappa shape index (κ1) is 26.9. The highest BCUT2D eigenvalue weighted by Gasteiger charge is 2.18. The second-order valence-corrected chi connectivity index (χ2v) is 8.76. The predicted octanol–water partition coefficient (Wildman–Crippen LogP) is 5.89. The Morgan fingerprint density at radius 2 is 1.33 bits per heavy atom. The number of Topliss-reactive ketones (excluding diaryl/α,β-unsaturated/α-hetero) is 1. The minimum Gasteiger partial charge on any atom is -0.492 e. The van der Waals surface area contributed by atoms with Gasteiger partial charge in [0.05, 0.1) is 6.61 Å². The number of hydrogen-bond donors (Lipinski definition) is 0. The van der Waals surface area contributed by atoms with E-state index < -0.39 is 11.8 Å². The third-order valence-electron chi connectivity index (χ3n) is 5.77. The molecule has 0 atom stereocenters. The molecule has 0 aliphatic heterocycles. The van der Waals surface area contributed by atoms with Crippen LogP contribution in [0.3, 0.4) is 0 Å². The lowest BCUT2D eigenvalue weighted by Gasteiger charge is -2.18. The van der Waals surface area contributed by atoms with Crippen molar-refractivity contribution in [2.45, 2.75) is 26.2 Å². The lowest BCUT2D eigenvalue weighted by Crippen LogP contribution is -2.19. The molecule has 3 rings (SSSR count). The van der Waals surface area contributed by atoms with E-state index in [1.807, 2.05) is 62.6 Å². The molecule has 0 saturated heterocycles. The highest BCUT2D eigenvalue weighted by Crippen LogP contribution is 2.36. The standard InChI is InChI=1S/C31H35NO4/c1-4-35-31(34)29(33)17-11-16-28(24-12-7-5-8-13-24)30(25-14-9-6-10-15-25)26-18-20-27(21-19-26)36-23-22-32(2)3/h5-10,12-15,18-21H,4,11,16-17,22-23H2,1-3H3/b30-28-. The summed E-state index contributed by atoms with van der Waals surface area (Å²) < 4.78 is 10.8. The number of allylic oxidation sites excluding steroid dienone is 1. The van der Waals surface area contributed by atoms with Gasteiger partial charge in [-0.25, -0.2) is 4.79 Å². The number of benzene rings is 3. The normalized spacial score (nSPS) is 11.7. The van der Waals surface area contributed by atoms with Gasteiger partial charge in [0.25, 0.3) is 0 Å². The van der Waals surface area contributed by atoms with Crippen LogP contribution in [0.2, 0.25) is 0 Å². The number of ketones is 1. The van der Waals surface area contributed by atoms with Crippen molar-refractivity contribution in [3.05, 3.63) is 102 Å². The highest BCUT2D eigenvalue weighted by atomic mass is 16.5. The number of nitrogens with zero attached hydrogens (tertiary/aromatic N) is 1. The zero-order chi connectivity index (χ0) is 25.8. The van der Waals surface area contributed by atoms with Crippen LogP contribution in [0.15, 0.2) is 84.9 Å². The average molecular weight is 486 g/mol. The minimum absolute atomic E-state index is 0.149. The molecule has 0 amide bonds. The van der Waals surface area contributed by atoms with Crippen molar-refractivity contribution in [2.24, 2.45) is 0 Å². The summed E-state index contributed by atoms with van der Waals surface area (Å²) in [4.78, 5) is 26.1. The summed E-state index contributed by atoms with van der Waals surface area (Å²) in [7, 11) is 4.05. The molecule has 0 aliphatic carbocycles. The Balaban J connectivity index is 1.97. The molecule has 36 heavy (non-hydrogen) atoms. The molecule has 0 fully saturated rings. The molecule has 0 aliphatic rings. The fourth-order valence-electron chi connectivity index (χ4n) is 3.98. The molecule has 0 N–H and O–H groups in total. The second kappa shape index (κ2) is 14.0. The fraction of sp³-hybridized carbons (Fsp3) is 0.290. The van der Waals surface area contributed by atoms with Crippen molar-refractivity contribution in [1.29, 1.82) is 0 Å². The fourth-order valence-corrected chi connectivity index (χ4v) is 3.98. The number of carbonyl (C=O) groups is 2. The molecular weight excluding hydrogens is 450 g/mol. The van der Waals surface area contributed by atoms with Crippen LogP contribution in [0.1, 0.15) is 42.9 Å². The number of ether oxygens (including phenoxy) is 2. The molecule has 0 radical (unpaired) electrons. The van der Waals surface area contributed by atoms with Gasteiger partial charge in [0.15, 0.2) is 0 Å². The quantitative estimate of drug-likeness (QED) is 0.172. The first-order chi connectivity index (χ1) is 17.5. The first-order valence-corrected chi connectivity index (χ1v) is 12.4. The van der Waals surface area contributed by atoms with E-state index in [0.29, 0.717) is 19.4 Å². The van der Waals surface area contributed by atoms with Gasteiger partial charge in [0.1, 0.15) is 12.4 Å². The van der Waals surface area contributed by atoms with E-state index in [0.717, 1.165) is 40.1 Å². The van der Waals surface area contributed by atoms with Crippen LogP contribution in [-0.4, -0.2) is 50.5 Å². The molecular formula is C31H35NO4. The van der Waals surface area contributed by atoms with Crippen LogP contribution >= 0.6 is 0 Å². The molecule has 0 aromatic heterocycles. The molecule has 3 aromatic rings. The molecule has 5 heteroatoms. The van der Waals surface area contributed by atoms with Crippen molar-refractivity contribution in [3.63, 3.8) is 0 Å². The number of esters is 1. The summed E-state index contributed by atoms with van der Waals surface area (Å²) in [6.45, 7) is 3.37. The lowest BCUT2D eigenvalue weighted by molar-refractivity contribution is -0.153. The van der Waals surface area contributed by atoms with Gasteiger partial charge in [0, 0.05) is 13.0 Å². The van der Waals surface area contributed by atoms with Gasteiger partial charge in [-0.3, -0.25) is 4.79 Å². The first-order valence-electron chi connectivity index (χ1n) is 12.4. The topological polar surface area (TPSA) is 55.8 Å². The summed E-state index contributed by atoms with van der Waals surface area (Å²) in [5.41, 5.74) is 5.47. The van der Waals surface area contributed by atoms with Gasteiger partial charge >= 0.3 is 5.97 Å². The Labute approximate surface area is 214 Å². The second-order valence-electron chi connectivity index (χ2n) is 8.76. The van der Waals surface area contributed by atoms with Gasteiger partial charge in [-0.05, 0) is 73.8 Å². The van der Waals surface area contributed by atoms with E-state index in [1.165, 1.54) is 0 Å². The van der Waals surface area contributed by atoms with Crippen LogP contribution in [0.5, 0.6) is 5.75 Å². The van der Waals surface area contributed by atoms with E-state index in [1.54, 1.807) is 6.92 Å². The maximum atomic E-state index is 12.2. The van der Waals surface area contributed by atoms with Crippen molar-refractivity contribution in [3.8, 4) is 5.75 Å². The third-order valence-corrected chi connectivity index (χ3v) is 5.77. The largest absolute Gasteiger partial charge is 0.492 e. The SMILES string of the molecule is CCOC(=O)C(=O)CCC/C(=C(\c1ccccc1)c1ccc(OCCN(C)C)cc1)c1ccccc1.